The molecule has 1 N–H and O–H groups in total. The van der Waals surface area contributed by atoms with E-state index in [9.17, 15) is 9.90 Å². The van der Waals surface area contributed by atoms with Gasteiger partial charge in [-0.15, -0.1) is 0 Å². The summed E-state index contributed by atoms with van der Waals surface area (Å²) in [4.78, 5) is 12.3. The maximum atomic E-state index is 12.3. The number of hydrogen-bond acceptors (Lipinski definition) is 2. The third kappa shape index (κ3) is 1.90. The molecule has 0 amide bonds. The molecule has 19 heavy (non-hydrogen) atoms. The fourth-order valence-electron chi connectivity index (χ4n) is 2.18. The second-order valence-electron chi connectivity index (χ2n) is 4.23. The molecule has 0 unspecified atom stereocenters. The number of carbonyl (C=O) groups excluding carboxylic acids is 1. The van der Waals surface area contributed by atoms with Gasteiger partial charge in [0, 0.05) is 15.6 Å². The topological polar surface area (TPSA) is 37.3 Å². The van der Waals surface area contributed by atoms with Crippen LogP contribution in [-0.2, 0) is 0 Å². The van der Waals surface area contributed by atoms with Gasteiger partial charge in [-0.2, -0.15) is 0 Å². The van der Waals surface area contributed by atoms with Crippen LogP contribution in [0, 0.1) is 0 Å². The molecule has 3 rings (SSSR count). The lowest BCUT2D eigenvalue weighted by Crippen LogP contribution is -1.98. The number of aliphatic hydroxyl groups is 1. The molecule has 2 aromatic rings. The first-order valence-corrected chi connectivity index (χ1v) is 6.79. The van der Waals surface area contributed by atoms with E-state index in [2.05, 4.69) is 15.9 Å². The molecule has 0 radical (unpaired) electrons. The largest absolute Gasteiger partial charge is 0.507 e. The van der Waals surface area contributed by atoms with Gasteiger partial charge in [0.2, 0.25) is 0 Å². The summed E-state index contributed by atoms with van der Waals surface area (Å²) in [5.74, 6) is -0.162. The minimum atomic E-state index is -0.175. The van der Waals surface area contributed by atoms with Crippen molar-refractivity contribution in [1.82, 2.24) is 0 Å². The number of aliphatic hydroxyl groups excluding tert-OH is 1. The van der Waals surface area contributed by atoms with Gasteiger partial charge in [0.15, 0.2) is 5.78 Å². The van der Waals surface area contributed by atoms with E-state index < -0.39 is 0 Å². The van der Waals surface area contributed by atoms with Gasteiger partial charge in [-0.05, 0) is 33.6 Å². The summed E-state index contributed by atoms with van der Waals surface area (Å²) in [6.45, 7) is 0. The van der Waals surface area contributed by atoms with E-state index in [1.807, 2.05) is 0 Å². The molecule has 0 heterocycles. The zero-order chi connectivity index (χ0) is 13.6. The van der Waals surface area contributed by atoms with Crippen molar-refractivity contribution in [3.63, 3.8) is 0 Å². The number of benzene rings is 2. The zero-order valence-corrected chi connectivity index (χ0v) is 12.0. The summed E-state index contributed by atoms with van der Waals surface area (Å²) in [5.41, 5.74) is 2.01. The standard InChI is InChI=1S/C15H8BrClO2/c16-11-6-5-8(7-12(11)17)13-14(18)9-3-1-2-4-10(9)15(13)19/h1-7,18H. The van der Waals surface area contributed by atoms with Crippen LogP contribution in [-0.4, -0.2) is 10.9 Å². The zero-order valence-electron chi connectivity index (χ0n) is 9.65. The Bertz CT molecular complexity index is 735. The SMILES string of the molecule is O=C1C(c2ccc(Br)c(Cl)c2)=C(O)c2ccccc21. The van der Waals surface area contributed by atoms with Crippen LogP contribution in [0.15, 0.2) is 46.9 Å². The Labute approximate surface area is 123 Å². The molecule has 0 aliphatic heterocycles. The molecule has 0 aromatic heterocycles. The summed E-state index contributed by atoms with van der Waals surface area (Å²) in [7, 11) is 0. The number of rotatable bonds is 1. The highest BCUT2D eigenvalue weighted by molar-refractivity contribution is 9.10. The molecule has 2 nitrogen and oxygen atoms in total. The molecule has 1 aliphatic carbocycles. The van der Waals surface area contributed by atoms with Gasteiger partial charge >= 0.3 is 0 Å². The van der Waals surface area contributed by atoms with Gasteiger partial charge in [-0.25, -0.2) is 0 Å². The monoisotopic (exact) mass is 334 g/mol. The van der Waals surface area contributed by atoms with Gasteiger partial charge in [0.1, 0.15) is 5.76 Å². The highest BCUT2D eigenvalue weighted by Gasteiger charge is 2.30. The second kappa shape index (κ2) is 4.51. The van der Waals surface area contributed by atoms with Crippen molar-refractivity contribution in [2.75, 3.05) is 0 Å². The highest BCUT2D eigenvalue weighted by atomic mass is 79.9. The van der Waals surface area contributed by atoms with E-state index in [0.717, 1.165) is 4.47 Å². The molecule has 0 saturated carbocycles. The average Bonchev–Trinajstić information content (AvgIpc) is 2.66. The lowest BCUT2D eigenvalue weighted by molar-refractivity contribution is 0.105. The van der Waals surface area contributed by atoms with Crippen LogP contribution in [0.5, 0.6) is 0 Å². The Morgan fingerprint density at radius 2 is 1.74 bits per heavy atom. The molecule has 0 spiro atoms. The summed E-state index contributed by atoms with van der Waals surface area (Å²) in [6.07, 6.45) is 0. The maximum absolute atomic E-state index is 12.3. The van der Waals surface area contributed by atoms with Crippen molar-refractivity contribution in [3.05, 3.63) is 68.7 Å². The van der Waals surface area contributed by atoms with Crippen LogP contribution in [0.4, 0.5) is 0 Å². The molecule has 0 atom stereocenters. The Balaban J connectivity index is 2.19. The van der Waals surface area contributed by atoms with Crippen molar-refractivity contribution >= 4 is 44.6 Å². The number of Topliss-reactive ketones (excluding diaryl/α,β-unsaturated/α-hetero) is 1. The van der Waals surface area contributed by atoms with E-state index in [1.165, 1.54) is 0 Å². The molecule has 4 heteroatoms. The first-order valence-electron chi connectivity index (χ1n) is 5.62. The number of allylic oxidation sites excluding steroid dienone is 1. The van der Waals surface area contributed by atoms with E-state index in [1.54, 1.807) is 42.5 Å². The lowest BCUT2D eigenvalue weighted by Gasteiger charge is -2.04. The van der Waals surface area contributed by atoms with E-state index in [-0.39, 0.29) is 11.5 Å². The van der Waals surface area contributed by atoms with Crippen LogP contribution in [0.25, 0.3) is 11.3 Å². The fourth-order valence-corrected chi connectivity index (χ4v) is 2.61. The van der Waals surface area contributed by atoms with Crippen molar-refractivity contribution in [3.8, 4) is 0 Å². The predicted molar refractivity (Wildman–Crippen MR) is 79.4 cm³/mol. The Morgan fingerprint density at radius 3 is 2.37 bits per heavy atom. The molecule has 2 aromatic carbocycles. The number of carbonyl (C=O) groups is 1. The lowest BCUT2D eigenvalue weighted by atomic mass is 10.0. The number of hydrogen-bond donors (Lipinski definition) is 1. The van der Waals surface area contributed by atoms with Crippen LogP contribution in [0.2, 0.25) is 5.02 Å². The number of halogens is 2. The smallest absolute Gasteiger partial charge is 0.198 e. The van der Waals surface area contributed by atoms with Gasteiger partial charge in [0.25, 0.3) is 0 Å². The Hall–Kier alpha value is -1.58. The molecule has 94 valence electrons. The highest BCUT2D eigenvalue weighted by Crippen LogP contribution is 2.38. The van der Waals surface area contributed by atoms with E-state index >= 15 is 0 Å². The van der Waals surface area contributed by atoms with E-state index in [4.69, 9.17) is 11.6 Å². The average molecular weight is 336 g/mol. The minimum Gasteiger partial charge on any atom is -0.507 e. The molecular formula is C15H8BrClO2. The Kier molecular flexibility index (Phi) is 2.96. The minimum absolute atomic E-state index is 0.0130. The predicted octanol–water partition coefficient (Wildman–Crippen LogP) is 4.73. The van der Waals surface area contributed by atoms with Crippen LogP contribution >= 0.6 is 27.5 Å². The summed E-state index contributed by atoms with van der Waals surface area (Å²) >= 11 is 9.34. The summed E-state index contributed by atoms with van der Waals surface area (Å²) in [5, 5.41) is 10.7. The fraction of sp³-hybridized carbons (Fsp3) is 0. The summed E-state index contributed by atoms with van der Waals surface area (Å²) < 4.78 is 0.751. The molecule has 0 saturated heterocycles. The number of ketones is 1. The first-order chi connectivity index (χ1) is 9.09. The van der Waals surface area contributed by atoms with Crippen molar-refractivity contribution in [1.29, 1.82) is 0 Å². The quantitative estimate of drug-likeness (QED) is 0.818. The Morgan fingerprint density at radius 1 is 1.05 bits per heavy atom. The molecule has 0 bridgehead atoms. The third-order valence-corrected chi connectivity index (χ3v) is 4.33. The molecule has 0 fully saturated rings. The second-order valence-corrected chi connectivity index (χ2v) is 5.49. The van der Waals surface area contributed by atoms with Gasteiger partial charge in [0.05, 0.1) is 10.6 Å². The van der Waals surface area contributed by atoms with Crippen molar-refractivity contribution < 1.29 is 9.90 Å². The first kappa shape index (κ1) is 12.5. The van der Waals surface area contributed by atoms with Gasteiger partial charge in [-0.1, -0.05) is 41.9 Å². The van der Waals surface area contributed by atoms with Crippen LogP contribution in [0.1, 0.15) is 21.5 Å². The third-order valence-electron chi connectivity index (χ3n) is 3.10. The van der Waals surface area contributed by atoms with Crippen molar-refractivity contribution in [2.45, 2.75) is 0 Å². The normalized spacial score (nSPS) is 13.9. The van der Waals surface area contributed by atoms with E-state index in [0.29, 0.717) is 27.3 Å². The van der Waals surface area contributed by atoms with Gasteiger partial charge in [-0.3, -0.25) is 4.79 Å². The van der Waals surface area contributed by atoms with Crippen molar-refractivity contribution in [2.24, 2.45) is 0 Å². The summed E-state index contributed by atoms with van der Waals surface area (Å²) in [6, 6.07) is 12.2. The van der Waals surface area contributed by atoms with Crippen LogP contribution in [0.3, 0.4) is 0 Å². The number of fused-ring (bicyclic) bond motifs is 1. The van der Waals surface area contributed by atoms with Crippen LogP contribution < -0.4 is 0 Å². The van der Waals surface area contributed by atoms with Gasteiger partial charge < -0.3 is 5.11 Å². The maximum Gasteiger partial charge on any atom is 0.198 e. The molecule has 1 aliphatic rings. The molecular weight excluding hydrogens is 328 g/mol.